The fraction of sp³-hybridized carbons (Fsp3) is 0.0588. The van der Waals surface area contributed by atoms with Crippen molar-refractivity contribution in [3.63, 3.8) is 0 Å². The lowest BCUT2D eigenvalue weighted by Gasteiger charge is -2.05. The van der Waals surface area contributed by atoms with Crippen molar-refractivity contribution in [3.05, 3.63) is 81.1 Å². The summed E-state index contributed by atoms with van der Waals surface area (Å²) in [7, 11) is 0. The van der Waals surface area contributed by atoms with Crippen molar-refractivity contribution in [2.75, 3.05) is 0 Å². The van der Waals surface area contributed by atoms with Crippen LogP contribution in [-0.4, -0.2) is 15.9 Å². The second kappa shape index (κ2) is 8.09. The second-order valence-corrected chi connectivity index (χ2v) is 6.65. The SMILES string of the molecule is O=C(Oc1coc(CSc2ncccn2)cc1=O)c1cccc(Br)c1. The third-order valence-electron chi connectivity index (χ3n) is 3.00. The first-order chi connectivity index (χ1) is 12.1. The zero-order chi connectivity index (χ0) is 17.6. The van der Waals surface area contributed by atoms with E-state index in [4.69, 9.17) is 9.15 Å². The van der Waals surface area contributed by atoms with Crippen LogP contribution in [0, 0.1) is 0 Å². The molecule has 2 aromatic heterocycles. The summed E-state index contributed by atoms with van der Waals surface area (Å²) >= 11 is 4.61. The van der Waals surface area contributed by atoms with E-state index in [1.54, 1.807) is 42.7 Å². The van der Waals surface area contributed by atoms with Crippen molar-refractivity contribution in [3.8, 4) is 5.75 Å². The lowest BCUT2D eigenvalue weighted by molar-refractivity contribution is 0.0728. The van der Waals surface area contributed by atoms with Gasteiger partial charge in [0, 0.05) is 22.9 Å². The van der Waals surface area contributed by atoms with Crippen molar-refractivity contribution < 1.29 is 13.9 Å². The number of rotatable bonds is 5. The van der Waals surface area contributed by atoms with Crippen LogP contribution >= 0.6 is 27.7 Å². The normalized spacial score (nSPS) is 10.4. The fourth-order valence-corrected chi connectivity index (χ4v) is 2.95. The predicted octanol–water partition coefficient (Wildman–Crippen LogP) is 3.70. The summed E-state index contributed by atoms with van der Waals surface area (Å²) in [5.74, 6) is 0.0341. The van der Waals surface area contributed by atoms with Crippen LogP contribution in [0.1, 0.15) is 16.1 Å². The summed E-state index contributed by atoms with van der Waals surface area (Å²) < 4.78 is 11.2. The minimum atomic E-state index is -0.631. The van der Waals surface area contributed by atoms with Gasteiger partial charge in [-0.15, -0.1) is 0 Å². The number of hydrogen-bond donors (Lipinski definition) is 0. The second-order valence-electron chi connectivity index (χ2n) is 4.79. The molecule has 0 saturated heterocycles. The minimum absolute atomic E-state index is 0.158. The van der Waals surface area contributed by atoms with Gasteiger partial charge >= 0.3 is 5.97 Å². The Bertz CT molecular complexity index is 947. The fourth-order valence-electron chi connectivity index (χ4n) is 1.86. The topological polar surface area (TPSA) is 82.3 Å². The smallest absolute Gasteiger partial charge is 0.343 e. The summed E-state index contributed by atoms with van der Waals surface area (Å²) in [5, 5.41) is 0.579. The Labute approximate surface area is 155 Å². The van der Waals surface area contributed by atoms with E-state index in [1.807, 2.05) is 0 Å². The van der Waals surface area contributed by atoms with E-state index in [2.05, 4.69) is 25.9 Å². The van der Waals surface area contributed by atoms with Crippen molar-refractivity contribution in [1.82, 2.24) is 9.97 Å². The number of halogens is 1. The van der Waals surface area contributed by atoms with Gasteiger partial charge in [0.15, 0.2) is 5.16 Å². The van der Waals surface area contributed by atoms with Crippen molar-refractivity contribution in [2.24, 2.45) is 0 Å². The van der Waals surface area contributed by atoms with Crippen LogP contribution in [0.5, 0.6) is 5.75 Å². The number of carbonyl (C=O) groups excluding carboxylic acids is 1. The molecular weight excluding hydrogens is 408 g/mol. The average Bonchev–Trinajstić information content (AvgIpc) is 2.63. The van der Waals surface area contributed by atoms with Gasteiger partial charge in [0.05, 0.1) is 11.3 Å². The van der Waals surface area contributed by atoms with Gasteiger partial charge in [0.25, 0.3) is 0 Å². The van der Waals surface area contributed by atoms with E-state index < -0.39 is 11.4 Å². The number of hydrogen-bond acceptors (Lipinski definition) is 7. The maximum absolute atomic E-state index is 12.1. The minimum Gasteiger partial charge on any atom is -0.464 e. The first-order valence-corrected chi connectivity index (χ1v) is 8.89. The molecule has 6 nitrogen and oxygen atoms in total. The van der Waals surface area contributed by atoms with Crippen molar-refractivity contribution in [2.45, 2.75) is 10.9 Å². The molecule has 3 aromatic rings. The standard InChI is InChI=1S/C17H11BrN2O4S/c18-12-4-1-3-11(7-12)16(22)24-15-9-23-13(8-14(15)21)10-25-17-19-5-2-6-20-17/h1-9H,10H2. The van der Waals surface area contributed by atoms with E-state index in [9.17, 15) is 9.59 Å². The molecule has 0 aliphatic heterocycles. The zero-order valence-electron chi connectivity index (χ0n) is 12.7. The highest BCUT2D eigenvalue weighted by molar-refractivity contribution is 9.10. The third kappa shape index (κ3) is 4.77. The molecule has 0 fully saturated rings. The molecule has 0 amide bonds. The van der Waals surface area contributed by atoms with Gasteiger partial charge in [0.2, 0.25) is 11.2 Å². The number of nitrogens with zero attached hydrogens (tertiary/aromatic N) is 2. The molecule has 0 aliphatic carbocycles. The molecule has 0 aliphatic rings. The summed E-state index contributed by atoms with van der Waals surface area (Å²) in [6, 6.07) is 9.70. The van der Waals surface area contributed by atoms with Gasteiger partial charge < -0.3 is 9.15 Å². The molecule has 0 atom stereocenters. The molecule has 0 bridgehead atoms. The first-order valence-electron chi connectivity index (χ1n) is 7.11. The molecule has 0 saturated carbocycles. The maximum atomic E-state index is 12.1. The van der Waals surface area contributed by atoms with Crippen molar-refractivity contribution in [1.29, 1.82) is 0 Å². The van der Waals surface area contributed by atoms with Crippen LogP contribution in [0.15, 0.2) is 73.9 Å². The molecule has 8 heteroatoms. The lowest BCUT2D eigenvalue weighted by Crippen LogP contribution is -2.14. The number of esters is 1. The van der Waals surface area contributed by atoms with Crippen LogP contribution < -0.4 is 10.2 Å². The van der Waals surface area contributed by atoms with Crippen LogP contribution in [0.2, 0.25) is 0 Å². The summed E-state index contributed by atoms with van der Waals surface area (Å²) in [6.45, 7) is 0. The predicted molar refractivity (Wildman–Crippen MR) is 95.7 cm³/mol. The van der Waals surface area contributed by atoms with E-state index in [1.165, 1.54) is 17.8 Å². The number of thioether (sulfide) groups is 1. The zero-order valence-corrected chi connectivity index (χ0v) is 15.1. The Morgan fingerprint density at radius 3 is 2.72 bits per heavy atom. The maximum Gasteiger partial charge on any atom is 0.343 e. The number of ether oxygens (including phenoxy) is 1. The van der Waals surface area contributed by atoms with Gasteiger partial charge in [-0.05, 0) is 24.3 Å². The molecule has 126 valence electrons. The molecule has 3 rings (SSSR count). The molecule has 0 spiro atoms. The highest BCUT2D eigenvalue weighted by Crippen LogP contribution is 2.19. The van der Waals surface area contributed by atoms with E-state index in [-0.39, 0.29) is 5.75 Å². The van der Waals surface area contributed by atoms with Gasteiger partial charge in [-0.2, -0.15) is 0 Å². The Hall–Kier alpha value is -2.45. The number of carbonyl (C=O) groups is 1. The highest BCUT2D eigenvalue weighted by atomic mass is 79.9. The van der Waals surface area contributed by atoms with E-state index in [0.29, 0.717) is 22.2 Å². The first kappa shape index (κ1) is 17.4. The van der Waals surface area contributed by atoms with Gasteiger partial charge in [0.1, 0.15) is 12.0 Å². The molecular formula is C17H11BrN2O4S. The Morgan fingerprint density at radius 2 is 2.00 bits per heavy atom. The third-order valence-corrected chi connectivity index (χ3v) is 4.39. The van der Waals surface area contributed by atoms with Crippen LogP contribution in [0.4, 0.5) is 0 Å². The summed E-state index contributed by atoms with van der Waals surface area (Å²) in [5.41, 5.74) is -0.103. The average molecular weight is 419 g/mol. The van der Waals surface area contributed by atoms with Crippen molar-refractivity contribution >= 4 is 33.7 Å². The highest BCUT2D eigenvalue weighted by Gasteiger charge is 2.13. The Kier molecular flexibility index (Phi) is 5.62. The molecule has 2 heterocycles. The molecule has 0 radical (unpaired) electrons. The molecule has 25 heavy (non-hydrogen) atoms. The van der Waals surface area contributed by atoms with Gasteiger partial charge in [-0.25, -0.2) is 14.8 Å². The van der Waals surface area contributed by atoms with Gasteiger partial charge in [-0.3, -0.25) is 4.79 Å². The quantitative estimate of drug-likeness (QED) is 0.354. The molecule has 0 unspecified atom stereocenters. The van der Waals surface area contributed by atoms with E-state index in [0.717, 1.165) is 10.7 Å². The number of aromatic nitrogens is 2. The largest absolute Gasteiger partial charge is 0.464 e. The molecule has 0 N–H and O–H groups in total. The van der Waals surface area contributed by atoms with Crippen LogP contribution in [0.25, 0.3) is 0 Å². The monoisotopic (exact) mass is 418 g/mol. The summed E-state index contributed by atoms with van der Waals surface area (Å²) in [6.07, 6.45) is 4.41. The Balaban J connectivity index is 1.67. The van der Waals surface area contributed by atoms with Crippen LogP contribution in [-0.2, 0) is 5.75 Å². The molecule has 1 aromatic carbocycles. The Morgan fingerprint density at radius 1 is 1.20 bits per heavy atom. The summed E-state index contributed by atoms with van der Waals surface area (Å²) in [4.78, 5) is 32.3. The number of benzene rings is 1. The van der Waals surface area contributed by atoms with Crippen LogP contribution in [0.3, 0.4) is 0 Å². The van der Waals surface area contributed by atoms with Gasteiger partial charge in [-0.1, -0.05) is 33.8 Å². The van der Waals surface area contributed by atoms with E-state index >= 15 is 0 Å². The lowest BCUT2D eigenvalue weighted by atomic mass is 10.2.